The molecule has 4 heteroatoms. The van der Waals surface area contributed by atoms with E-state index in [-0.39, 0.29) is 22.7 Å². The zero-order valence-corrected chi connectivity index (χ0v) is 12.8. The third-order valence-electron chi connectivity index (χ3n) is 4.53. The Hall–Kier alpha value is -1.03. The lowest BCUT2D eigenvalue weighted by molar-refractivity contribution is -0.118. The predicted octanol–water partition coefficient (Wildman–Crippen LogP) is 3.65. The third-order valence-corrected chi connectivity index (χ3v) is 5.19. The van der Waals surface area contributed by atoms with Crippen LogP contribution in [0.4, 0.5) is 11.4 Å². The number of carbonyl (C=O) groups is 1. The normalized spacial score (nSPS) is 20.5. The number of nitrogens with two attached hydrogens (primary N) is 1. The van der Waals surface area contributed by atoms with E-state index in [4.69, 9.17) is 5.73 Å². The number of anilines is 2. The van der Waals surface area contributed by atoms with Crippen LogP contribution >= 0.6 is 15.9 Å². The Kier molecular flexibility index (Phi) is 2.97. The lowest BCUT2D eigenvalue weighted by atomic mass is 10.0. The van der Waals surface area contributed by atoms with Crippen molar-refractivity contribution in [2.24, 2.45) is 16.7 Å². The van der Waals surface area contributed by atoms with Gasteiger partial charge in [0.1, 0.15) is 0 Å². The molecule has 98 valence electrons. The van der Waals surface area contributed by atoms with E-state index in [2.05, 4.69) is 48.9 Å². The maximum atomic E-state index is 12.3. The molecule has 0 atom stereocenters. The molecule has 3 nitrogen and oxygen atoms in total. The molecule has 0 aliphatic heterocycles. The van der Waals surface area contributed by atoms with Gasteiger partial charge in [-0.05, 0) is 45.0 Å². The fourth-order valence-electron chi connectivity index (χ4n) is 2.69. The second-order valence-electron chi connectivity index (χ2n) is 6.10. The van der Waals surface area contributed by atoms with E-state index in [1.165, 1.54) is 0 Å². The van der Waals surface area contributed by atoms with Crippen molar-refractivity contribution in [3.63, 3.8) is 0 Å². The van der Waals surface area contributed by atoms with E-state index >= 15 is 0 Å². The van der Waals surface area contributed by atoms with Crippen LogP contribution in [-0.2, 0) is 4.79 Å². The molecule has 0 unspecified atom stereocenters. The van der Waals surface area contributed by atoms with Crippen molar-refractivity contribution in [3.8, 4) is 0 Å². The molecule has 1 amide bonds. The Bertz CT molecular complexity index is 495. The molecule has 1 aromatic rings. The standard InChI is InChI=1S/C14H19BrN2O/c1-13(2)11(14(13,3)4)12(18)17-10-6-5-8(16)7-9(10)15/h5-7,11H,16H2,1-4H3,(H,17,18). The summed E-state index contributed by atoms with van der Waals surface area (Å²) in [6, 6.07) is 5.39. The summed E-state index contributed by atoms with van der Waals surface area (Å²) >= 11 is 3.41. The number of nitrogens with one attached hydrogen (secondary N) is 1. The molecule has 18 heavy (non-hydrogen) atoms. The van der Waals surface area contributed by atoms with Gasteiger partial charge in [-0.25, -0.2) is 0 Å². The molecule has 0 heterocycles. The molecule has 1 aromatic carbocycles. The summed E-state index contributed by atoms with van der Waals surface area (Å²) in [6.07, 6.45) is 0. The van der Waals surface area contributed by atoms with Gasteiger partial charge < -0.3 is 11.1 Å². The van der Waals surface area contributed by atoms with E-state index in [9.17, 15) is 4.79 Å². The summed E-state index contributed by atoms with van der Waals surface area (Å²) in [5, 5.41) is 2.97. The van der Waals surface area contributed by atoms with Crippen LogP contribution in [0.3, 0.4) is 0 Å². The maximum absolute atomic E-state index is 12.3. The summed E-state index contributed by atoms with van der Waals surface area (Å²) in [4.78, 5) is 12.3. The minimum atomic E-state index is 0.0504. The molecule has 0 radical (unpaired) electrons. The molecule has 1 fully saturated rings. The van der Waals surface area contributed by atoms with E-state index in [1.54, 1.807) is 12.1 Å². The Morgan fingerprint density at radius 3 is 2.28 bits per heavy atom. The number of hydrogen-bond acceptors (Lipinski definition) is 2. The first-order valence-corrected chi connectivity index (χ1v) is 6.83. The summed E-state index contributed by atoms with van der Waals surface area (Å²) in [5.74, 6) is 0.130. The van der Waals surface area contributed by atoms with Gasteiger partial charge in [-0.2, -0.15) is 0 Å². The predicted molar refractivity (Wildman–Crippen MR) is 78.2 cm³/mol. The van der Waals surface area contributed by atoms with Crippen LogP contribution in [-0.4, -0.2) is 5.91 Å². The summed E-state index contributed by atoms with van der Waals surface area (Å²) < 4.78 is 0.812. The molecular weight excluding hydrogens is 292 g/mol. The average molecular weight is 311 g/mol. The highest BCUT2D eigenvalue weighted by Crippen LogP contribution is 2.68. The van der Waals surface area contributed by atoms with Gasteiger partial charge in [-0.1, -0.05) is 27.7 Å². The number of carbonyl (C=O) groups excluding carboxylic acids is 1. The molecule has 2 rings (SSSR count). The first-order valence-electron chi connectivity index (χ1n) is 6.04. The molecule has 1 aliphatic carbocycles. The van der Waals surface area contributed by atoms with E-state index in [1.807, 2.05) is 6.07 Å². The van der Waals surface area contributed by atoms with E-state index in [0.29, 0.717) is 5.69 Å². The number of halogens is 1. The number of hydrogen-bond donors (Lipinski definition) is 2. The molecule has 0 bridgehead atoms. The fraction of sp³-hybridized carbons (Fsp3) is 0.500. The highest BCUT2D eigenvalue weighted by Gasteiger charge is 2.68. The zero-order chi connectivity index (χ0) is 13.7. The van der Waals surface area contributed by atoms with Crippen LogP contribution < -0.4 is 11.1 Å². The van der Waals surface area contributed by atoms with Crippen molar-refractivity contribution >= 4 is 33.2 Å². The van der Waals surface area contributed by atoms with Crippen LogP contribution in [0.5, 0.6) is 0 Å². The van der Waals surface area contributed by atoms with Gasteiger partial charge in [-0.15, -0.1) is 0 Å². The minimum absolute atomic E-state index is 0.0504. The lowest BCUT2D eigenvalue weighted by Gasteiger charge is -2.09. The number of rotatable bonds is 2. The van der Waals surface area contributed by atoms with Crippen molar-refractivity contribution in [1.29, 1.82) is 0 Å². The number of amides is 1. The van der Waals surface area contributed by atoms with E-state index in [0.717, 1.165) is 10.2 Å². The van der Waals surface area contributed by atoms with Crippen molar-refractivity contribution in [3.05, 3.63) is 22.7 Å². The smallest absolute Gasteiger partial charge is 0.228 e. The largest absolute Gasteiger partial charge is 0.399 e. The Balaban J connectivity index is 2.14. The maximum Gasteiger partial charge on any atom is 0.228 e. The van der Waals surface area contributed by atoms with E-state index < -0.39 is 0 Å². The topological polar surface area (TPSA) is 55.1 Å². The minimum Gasteiger partial charge on any atom is -0.399 e. The Morgan fingerprint density at radius 2 is 1.83 bits per heavy atom. The highest BCUT2D eigenvalue weighted by molar-refractivity contribution is 9.10. The Labute approximate surface area is 116 Å². The van der Waals surface area contributed by atoms with Gasteiger partial charge in [0.05, 0.1) is 5.69 Å². The molecule has 0 spiro atoms. The average Bonchev–Trinajstić information content (AvgIpc) is 2.62. The molecular formula is C14H19BrN2O. The fourth-order valence-corrected chi connectivity index (χ4v) is 3.19. The zero-order valence-electron chi connectivity index (χ0n) is 11.2. The van der Waals surface area contributed by atoms with Crippen molar-refractivity contribution in [1.82, 2.24) is 0 Å². The first kappa shape index (κ1) is 13.4. The Morgan fingerprint density at radius 1 is 1.28 bits per heavy atom. The van der Waals surface area contributed by atoms with Gasteiger partial charge in [0, 0.05) is 16.1 Å². The molecule has 1 saturated carbocycles. The van der Waals surface area contributed by atoms with Gasteiger partial charge in [0.2, 0.25) is 5.91 Å². The quantitative estimate of drug-likeness (QED) is 0.819. The van der Waals surface area contributed by atoms with Crippen molar-refractivity contribution in [2.45, 2.75) is 27.7 Å². The van der Waals surface area contributed by atoms with Crippen LogP contribution in [0, 0.1) is 16.7 Å². The van der Waals surface area contributed by atoms with Crippen LogP contribution in [0.2, 0.25) is 0 Å². The first-order chi connectivity index (χ1) is 8.18. The molecule has 0 saturated heterocycles. The molecule has 1 aliphatic rings. The summed E-state index contributed by atoms with van der Waals surface area (Å²) in [6.45, 7) is 8.54. The van der Waals surface area contributed by atoms with Crippen LogP contribution in [0.1, 0.15) is 27.7 Å². The van der Waals surface area contributed by atoms with Gasteiger partial charge in [-0.3, -0.25) is 4.79 Å². The lowest BCUT2D eigenvalue weighted by Crippen LogP contribution is -2.18. The molecule has 3 N–H and O–H groups in total. The monoisotopic (exact) mass is 310 g/mol. The second kappa shape index (κ2) is 3.98. The number of nitrogen functional groups attached to an aromatic ring is 1. The van der Waals surface area contributed by atoms with Gasteiger partial charge >= 0.3 is 0 Å². The summed E-state index contributed by atoms with van der Waals surface area (Å²) in [7, 11) is 0. The van der Waals surface area contributed by atoms with Crippen LogP contribution in [0.15, 0.2) is 22.7 Å². The van der Waals surface area contributed by atoms with Crippen molar-refractivity contribution in [2.75, 3.05) is 11.1 Å². The second-order valence-corrected chi connectivity index (χ2v) is 6.96. The third kappa shape index (κ3) is 1.92. The van der Waals surface area contributed by atoms with Crippen molar-refractivity contribution < 1.29 is 4.79 Å². The highest BCUT2D eigenvalue weighted by atomic mass is 79.9. The van der Waals surface area contributed by atoms with Crippen LogP contribution in [0.25, 0.3) is 0 Å². The SMILES string of the molecule is CC1(C)C(C(=O)Nc2ccc(N)cc2Br)C1(C)C. The molecule has 0 aromatic heterocycles. The number of benzene rings is 1. The van der Waals surface area contributed by atoms with Gasteiger partial charge in [0.15, 0.2) is 0 Å². The van der Waals surface area contributed by atoms with Gasteiger partial charge in [0.25, 0.3) is 0 Å². The summed E-state index contributed by atoms with van der Waals surface area (Å²) in [5.41, 5.74) is 7.22.